The van der Waals surface area contributed by atoms with Crippen molar-refractivity contribution in [2.75, 3.05) is 6.54 Å². The molecule has 0 radical (unpaired) electrons. The summed E-state index contributed by atoms with van der Waals surface area (Å²) in [6.45, 7) is 0.935. The molecule has 1 heterocycles. The number of aromatic nitrogens is 2. The van der Waals surface area contributed by atoms with Crippen LogP contribution in [0.5, 0.6) is 0 Å². The monoisotopic (exact) mass is 277 g/mol. The Kier molecular flexibility index (Phi) is 6.00. The van der Waals surface area contributed by atoms with Crippen LogP contribution in [0.2, 0.25) is 5.02 Å². The maximum absolute atomic E-state index is 11.4. The molecule has 0 aromatic carbocycles. The number of halogens is 2. The van der Waals surface area contributed by atoms with Crippen molar-refractivity contribution >= 4 is 34.4 Å². The highest BCUT2D eigenvalue weighted by atomic mass is 35.5. The first kappa shape index (κ1) is 14.0. The number of carbonyl (C=O) groups is 2. The van der Waals surface area contributed by atoms with Gasteiger partial charge in [-0.2, -0.15) is 5.10 Å². The van der Waals surface area contributed by atoms with Gasteiger partial charge in [0.15, 0.2) is 0 Å². The summed E-state index contributed by atoms with van der Waals surface area (Å²) in [5.74, 6) is -0.0846. The molecule has 0 atom stereocenters. The van der Waals surface area contributed by atoms with E-state index in [2.05, 4.69) is 10.4 Å². The Morgan fingerprint density at radius 3 is 2.76 bits per heavy atom. The number of nitrogens with zero attached hydrogens (tertiary/aromatic N) is 2. The van der Waals surface area contributed by atoms with Crippen LogP contribution in [-0.4, -0.2) is 27.5 Å². The SMILES string of the molecule is O=C(Cl)CCCNC(=O)CCn1cc(Cl)cn1. The Morgan fingerprint density at radius 2 is 2.18 bits per heavy atom. The molecule has 1 amide bonds. The van der Waals surface area contributed by atoms with E-state index in [1.54, 1.807) is 10.9 Å². The second kappa shape index (κ2) is 7.29. The van der Waals surface area contributed by atoms with E-state index in [0.717, 1.165) is 0 Å². The molecule has 1 rings (SSSR count). The van der Waals surface area contributed by atoms with Crippen molar-refractivity contribution in [1.82, 2.24) is 15.1 Å². The zero-order chi connectivity index (χ0) is 12.7. The van der Waals surface area contributed by atoms with Crippen LogP contribution >= 0.6 is 23.2 Å². The van der Waals surface area contributed by atoms with Gasteiger partial charge in [0.1, 0.15) is 0 Å². The molecule has 0 spiro atoms. The van der Waals surface area contributed by atoms with E-state index in [-0.39, 0.29) is 17.6 Å². The van der Waals surface area contributed by atoms with Gasteiger partial charge >= 0.3 is 0 Å². The van der Waals surface area contributed by atoms with Gasteiger partial charge in [-0.25, -0.2) is 0 Å². The first-order valence-corrected chi connectivity index (χ1v) is 5.96. The van der Waals surface area contributed by atoms with E-state index in [1.165, 1.54) is 6.20 Å². The highest BCUT2D eigenvalue weighted by molar-refractivity contribution is 6.63. The molecule has 0 aliphatic heterocycles. The average Bonchev–Trinajstić information content (AvgIpc) is 2.67. The molecule has 94 valence electrons. The first-order valence-electron chi connectivity index (χ1n) is 5.21. The fourth-order valence-corrected chi connectivity index (χ4v) is 1.51. The van der Waals surface area contributed by atoms with Crippen molar-refractivity contribution in [3.05, 3.63) is 17.4 Å². The molecule has 7 heteroatoms. The highest BCUT2D eigenvalue weighted by Crippen LogP contribution is 2.04. The third-order valence-electron chi connectivity index (χ3n) is 2.04. The Morgan fingerprint density at radius 1 is 1.41 bits per heavy atom. The second-order valence-corrected chi connectivity index (χ2v) is 4.34. The van der Waals surface area contributed by atoms with E-state index in [9.17, 15) is 9.59 Å². The summed E-state index contributed by atoms with van der Waals surface area (Å²) in [5.41, 5.74) is 0. The second-order valence-electron chi connectivity index (χ2n) is 3.48. The molecule has 0 aliphatic carbocycles. The van der Waals surface area contributed by atoms with Gasteiger partial charge in [0.05, 0.1) is 11.2 Å². The summed E-state index contributed by atoms with van der Waals surface area (Å²) >= 11 is 10.8. The van der Waals surface area contributed by atoms with Crippen LogP contribution in [0.1, 0.15) is 19.3 Å². The molecule has 0 saturated heterocycles. The minimum Gasteiger partial charge on any atom is -0.356 e. The van der Waals surface area contributed by atoms with Crippen molar-refractivity contribution in [2.24, 2.45) is 0 Å². The maximum atomic E-state index is 11.4. The summed E-state index contributed by atoms with van der Waals surface area (Å²) in [6.07, 6.45) is 4.33. The number of rotatable bonds is 7. The van der Waals surface area contributed by atoms with E-state index >= 15 is 0 Å². The lowest BCUT2D eigenvalue weighted by Gasteiger charge is -2.04. The first-order chi connectivity index (χ1) is 8.08. The van der Waals surface area contributed by atoms with E-state index < -0.39 is 0 Å². The van der Waals surface area contributed by atoms with Gasteiger partial charge < -0.3 is 5.32 Å². The van der Waals surface area contributed by atoms with Crippen LogP contribution in [0.25, 0.3) is 0 Å². The van der Waals surface area contributed by atoms with Crippen molar-refractivity contribution in [2.45, 2.75) is 25.8 Å². The van der Waals surface area contributed by atoms with Crippen LogP contribution < -0.4 is 5.32 Å². The summed E-state index contributed by atoms with van der Waals surface area (Å²) in [6, 6.07) is 0. The number of aryl methyl sites for hydroxylation is 1. The van der Waals surface area contributed by atoms with Gasteiger partial charge in [-0.05, 0) is 18.0 Å². The predicted molar refractivity (Wildman–Crippen MR) is 65.0 cm³/mol. The van der Waals surface area contributed by atoms with Gasteiger partial charge in [-0.3, -0.25) is 14.3 Å². The Labute approximate surface area is 109 Å². The molecular formula is C10H13Cl2N3O2. The Bertz CT molecular complexity index is 393. The minimum atomic E-state index is -0.384. The molecular weight excluding hydrogens is 265 g/mol. The smallest absolute Gasteiger partial charge is 0.221 e. The third kappa shape index (κ3) is 6.28. The maximum Gasteiger partial charge on any atom is 0.221 e. The quantitative estimate of drug-likeness (QED) is 0.608. The zero-order valence-corrected chi connectivity index (χ0v) is 10.7. The summed E-state index contributed by atoms with van der Waals surface area (Å²) in [7, 11) is 0. The molecule has 1 N–H and O–H groups in total. The zero-order valence-electron chi connectivity index (χ0n) is 9.16. The summed E-state index contributed by atoms with van der Waals surface area (Å²) in [4.78, 5) is 21.8. The van der Waals surface area contributed by atoms with Crippen molar-refractivity contribution < 1.29 is 9.59 Å². The topological polar surface area (TPSA) is 64.0 Å². The van der Waals surface area contributed by atoms with E-state index in [0.29, 0.717) is 31.0 Å². The van der Waals surface area contributed by atoms with Crippen LogP contribution in [0.4, 0.5) is 0 Å². The minimum absolute atomic E-state index is 0.0846. The van der Waals surface area contributed by atoms with Gasteiger partial charge in [-0.15, -0.1) is 0 Å². The molecule has 0 unspecified atom stereocenters. The van der Waals surface area contributed by atoms with E-state index in [1.807, 2.05) is 0 Å². The average molecular weight is 278 g/mol. The number of carbonyl (C=O) groups excluding carboxylic acids is 2. The third-order valence-corrected chi connectivity index (χ3v) is 2.43. The van der Waals surface area contributed by atoms with Crippen molar-refractivity contribution in [1.29, 1.82) is 0 Å². The molecule has 0 bridgehead atoms. The Balaban J connectivity index is 2.11. The predicted octanol–water partition coefficient (Wildman–Crippen LogP) is 1.59. The fourth-order valence-electron chi connectivity index (χ4n) is 1.22. The summed E-state index contributed by atoms with van der Waals surface area (Å²) in [5, 5.41) is 6.80. The van der Waals surface area contributed by atoms with Crippen LogP contribution in [-0.2, 0) is 16.1 Å². The lowest BCUT2D eigenvalue weighted by Crippen LogP contribution is -2.25. The molecule has 5 nitrogen and oxygen atoms in total. The molecule has 0 saturated carbocycles. The van der Waals surface area contributed by atoms with Gasteiger partial charge in [0.2, 0.25) is 11.1 Å². The van der Waals surface area contributed by atoms with Crippen molar-refractivity contribution in [3.63, 3.8) is 0 Å². The van der Waals surface area contributed by atoms with Crippen LogP contribution in [0.15, 0.2) is 12.4 Å². The Hall–Kier alpha value is -1.07. The van der Waals surface area contributed by atoms with Gasteiger partial charge in [0, 0.05) is 32.1 Å². The van der Waals surface area contributed by atoms with Crippen molar-refractivity contribution in [3.8, 4) is 0 Å². The number of hydrogen-bond donors (Lipinski definition) is 1. The number of hydrogen-bond acceptors (Lipinski definition) is 3. The largest absolute Gasteiger partial charge is 0.356 e. The normalized spacial score (nSPS) is 10.2. The lowest BCUT2D eigenvalue weighted by molar-refractivity contribution is -0.121. The fraction of sp³-hybridized carbons (Fsp3) is 0.500. The van der Waals surface area contributed by atoms with Crippen LogP contribution in [0, 0.1) is 0 Å². The number of nitrogens with one attached hydrogen (secondary N) is 1. The molecule has 0 aliphatic rings. The lowest BCUT2D eigenvalue weighted by atomic mass is 10.3. The highest BCUT2D eigenvalue weighted by Gasteiger charge is 2.03. The molecule has 17 heavy (non-hydrogen) atoms. The number of amides is 1. The molecule has 1 aromatic heterocycles. The molecule has 1 aromatic rings. The standard InChI is InChI=1S/C10H13Cl2N3O2/c11-8-6-14-15(7-8)5-3-10(17)13-4-1-2-9(12)16/h6-7H,1-5H2,(H,13,17). The van der Waals surface area contributed by atoms with E-state index in [4.69, 9.17) is 23.2 Å². The van der Waals surface area contributed by atoms with Gasteiger partial charge in [-0.1, -0.05) is 11.6 Å². The van der Waals surface area contributed by atoms with Gasteiger partial charge in [0.25, 0.3) is 0 Å². The van der Waals surface area contributed by atoms with Crippen LogP contribution in [0.3, 0.4) is 0 Å². The summed E-state index contributed by atoms with van der Waals surface area (Å²) < 4.78 is 1.60. The molecule has 0 fully saturated rings.